The van der Waals surface area contributed by atoms with E-state index in [-0.39, 0.29) is 17.0 Å². The van der Waals surface area contributed by atoms with Crippen molar-refractivity contribution < 1.29 is 18.0 Å². The molecule has 27 heavy (non-hydrogen) atoms. The van der Waals surface area contributed by atoms with Crippen LogP contribution in [0, 0.1) is 17.5 Å². The molecule has 0 aliphatic rings. The van der Waals surface area contributed by atoms with Crippen molar-refractivity contribution in [2.45, 2.75) is 0 Å². The third-order valence-electron chi connectivity index (χ3n) is 3.81. The zero-order valence-electron chi connectivity index (χ0n) is 13.5. The van der Waals surface area contributed by atoms with Crippen LogP contribution >= 0.6 is 0 Å². The number of carbonyl (C=O) groups is 1. The molecule has 9 heteroatoms. The van der Waals surface area contributed by atoms with Crippen LogP contribution < -0.4 is 5.32 Å². The van der Waals surface area contributed by atoms with E-state index in [1.54, 1.807) is 18.2 Å². The second kappa shape index (κ2) is 6.52. The van der Waals surface area contributed by atoms with E-state index in [0.29, 0.717) is 11.5 Å². The van der Waals surface area contributed by atoms with Gasteiger partial charge in [0, 0.05) is 11.8 Å². The summed E-state index contributed by atoms with van der Waals surface area (Å²) in [6.45, 7) is 0. The third-order valence-corrected chi connectivity index (χ3v) is 3.81. The van der Waals surface area contributed by atoms with Crippen LogP contribution in [0.5, 0.6) is 0 Å². The Balaban J connectivity index is 1.76. The van der Waals surface area contributed by atoms with Crippen LogP contribution in [0.4, 0.5) is 19.0 Å². The summed E-state index contributed by atoms with van der Waals surface area (Å²) in [6, 6.07) is 9.79. The van der Waals surface area contributed by atoms with Gasteiger partial charge in [0.25, 0.3) is 5.91 Å². The van der Waals surface area contributed by atoms with E-state index in [4.69, 9.17) is 0 Å². The SMILES string of the molecule is O=C(Nc1ccccn1)c1cnc2ccc(-c3ccc(F)c(F)c3F)nn12. The Morgan fingerprint density at radius 2 is 1.81 bits per heavy atom. The summed E-state index contributed by atoms with van der Waals surface area (Å²) < 4.78 is 41.9. The van der Waals surface area contributed by atoms with Crippen LogP contribution in [-0.2, 0) is 0 Å². The molecule has 0 radical (unpaired) electrons. The summed E-state index contributed by atoms with van der Waals surface area (Å²) in [5, 5.41) is 6.73. The van der Waals surface area contributed by atoms with Gasteiger partial charge in [-0.25, -0.2) is 27.7 Å². The lowest BCUT2D eigenvalue weighted by molar-refractivity contribution is 0.102. The number of fused-ring (bicyclic) bond motifs is 1. The number of amides is 1. The van der Waals surface area contributed by atoms with E-state index in [2.05, 4.69) is 20.4 Å². The lowest BCUT2D eigenvalue weighted by atomic mass is 10.1. The van der Waals surface area contributed by atoms with Gasteiger partial charge in [-0.1, -0.05) is 6.07 Å². The van der Waals surface area contributed by atoms with Crippen LogP contribution in [0.3, 0.4) is 0 Å². The van der Waals surface area contributed by atoms with E-state index in [1.807, 2.05) is 0 Å². The van der Waals surface area contributed by atoms with Gasteiger partial charge in [-0.3, -0.25) is 4.79 Å². The van der Waals surface area contributed by atoms with Crippen molar-refractivity contribution >= 4 is 17.4 Å². The molecule has 0 saturated carbocycles. The molecular weight excluding hydrogens is 359 g/mol. The molecule has 1 aromatic carbocycles. The Hall–Kier alpha value is -3.75. The molecule has 134 valence electrons. The molecule has 0 aliphatic heterocycles. The highest BCUT2D eigenvalue weighted by atomic mass is 19.2. The number of benzene rings is 1. The average molecular weight is 369 g/mol. The molecule has 0 atom stereocenters. The van der Waals surface area contributed by atoms with E-state index in [0.717, 1.165) is 12.1 Å². The number of hydrogen-bond donors (Lipinski definition) is 1. The first-order valence-electron chi connectivity index (χ1n) is 7.75. The van der Waals surface area contributed by atoms with Crippen LogP contribution in [-0.4, -0.2) is 25.5 Å². The van der Waals surface area contributed by atoms with Gasteiger partial charge in [0.15, 0.2) is 28.8 Å². The predicted octanol–water partition coefficient (Wildman–Crippen LogP) is 3.46. The van der Waals surface area contributed by atoms with Gasteiger partial charge < -0.3 is 5.32 Å². The van der Waals surface area contributed by atoms with Gasteiger partial charge in [-0.05, 0) is 36.4 Å². The molecule has 0 fully saturated rings. The first-order valence-corrected chi connectivity index (χ1v) is 7.75. The maximum absolute atomic E-state index is 14.1. The Labute approximate surface area is 150 Å². The number of rotatable bonds is 3. The largest absolute Gasteiger partial charge is 0.305 e. The lowest BCUT2D eigenvalue weighted by Gasteiger charge is -2.07. The van der Waals surface area contributed by atoms with Crippen molar-refractivity contribution in [3.8, 4) is 11.3 Å². The van der Waals surface area contributed by atoms with E-state index >= 15 is 0 Å². The molecule has 6 nitrogen and oxygen atoms in total. The maximum atomic E-state index is 14.1. The maximum Gasteiger partial charge on any atom is 0.277 e. The Bertz CT molecular complexity index is 1160. The van der Waals surface area contributed by atoms with Crippen molar-refractivity contribution in [3.63, 3.8) is 0 Å². The quantitative estimate of drug-likeness (QED) is 0.562. The first kappa shape index (κ1) is 16.7. The third kappa shape index (κ3) is 2.99. The van der Waals surface area contributed by atoms with Crippen molar-refractivity contribution in [1.82, 2.24) is 19.6 Å². The molecule has 3 aromatic heterocycles. The Morgan fingerprint density at radius 3 is 2.59 bits per heavy atom. The Morgan fingerprint density at radius 1 is 0.963 bits per heavy atom. The highest BCUT2D eigenvalue weighted by molar-refractivity contribution is 6.02. The lowest BCUT2D eigenvalue weighted by Crippen LogP contribution is -2.16. The normalized spacial score (nSPS) is 10.9. The summed E-state index contributed by atoms with van der Waals surface area (Å²) in [6.07, 6.45) is 2.82. The summed E-state index contributed by atoms with van der Waals surface area (Å²) in [4.78, 5) is 20.5. The number of anilines is 1. The summed E-state index contributed by atoms with van der Waals surface area (Å²) in [7, 11) is 0. The molecule has 4 aromatic rings. The van der Waals surface area contributed by atoms with E-state index in [9.17, 15) is 18.0 Å². The molecule has 0 saturated heterocycles. The van der Waals surface area contributed by atoms with Crippen molar-refractivity contribution in [1.29, 1.82) is 0 Å². The smallest absolute Gasteiger partial charge is 0.277 e. The van der Waals surface area contributed by atoms with E-state index in [1.165, 1.54) is 29.0 Å². The van der Waals surface area contributed by atoms with Crippen molar-refractivity contribution in [2.75, 3.05) is 5.32 Å². The number of nitrogens with one attached hydrogen (secondary N) is 1. The number of hydrogen-bond acceptors (Lipinski definition) is 4. The van der Waals surface area contributed by atoms with Gasteiger partial charge in [-0.2, -0.15) is 5.10 Å². The fraction of sp³-hybridized carbons (Fsp3) is 0. The zero-order chi connectivity index (χ0) is 19.0. The predicted molar refractivity (Wildman–Crippen MR) is 90.5 cm³/mol. The van der Waals surface area contributed by atoms with Crippen molar-refractivity contribution in [2.24, 2.45) is 0 Å². The number of pyridine rings is 1. The number of halogens is 3. The molecule has 0 aliphatic carbocycles. The highest BCUT2D eigenvalue weighted by Gasteiger charge is 2.18. The summed E-state index contributed by atoms with van der Waals surface area (Å²) >= 11 is 0. The standard InChI is InChI=1S/C18H10F3N5O/c19-11-5-4-10(16(20)17(11)21)12-6-7-15-23-9-13(26(15)25-12)18(27)24-14-3-1-2-8-22-14/h1-9H,(H,22,24,27). The summed E-state index contributed by atoms with van der Waals surface area (Å²) in [5.74, 6) is -4.44. The van der Waals surface area contributed by atoms with Crippen LogP contribution in [0.15, 0.2) is 54.9 Å². The molecule has 1 amide bonds. The molecule has 1 N–H and O–H groups in total. The number of aromatic nitrogens is 4. The monoisotopic (exact) mass is 369 g/mol. The zero-order valence-corrected chi connectivity index (χ0v) is 13.5. The fourth-order valence-electron chi connectivity index (χ4n) is 2.51. The number of carbonyl (C=O) groups excluding carboxylic acids is 1. The molecule has 4 rings (SSSR count). The molecule has 0 spiro atoms. The number of imidazole rings is 1. The molecule has 0 unspecified atom stereocenters. The van der Waals surface area contributed by atoms with Gasteiger partial charge >= 0.3 is 0 Å². The fourth-order valence-corrected chi connectivity index (χ4v) is 2.51. The molecule has 3 heterocycles. The van der Waals surface area contributed by atoms with Crippen LogP contribution in [0.2, 0.25) is 0 Å². The second-order valence-corrected chi connectivity index (χ2v) is 5.52. The first-order chi connectivity index (χ1) is 13.0. The summed E-state index contributed by atoms with van der Waals surface area (Å²) in [5.41, 5.74) is 0.178. The average Bonchev–Trinajstić information content (AvgIpc) is 3.10. The van der Waals surface area contributed by atoms with E-state index < -0.39 is 23.4 Å². The number of nitrogens with zero attached hydrogens (tertiary/aromatic N) is 4. The van der Waals surface area contributed by atoms with Gasteiger partial charge in [-0.15, -0.1) is 0 Å². The van der Waals surface area contributed by atoms with Gasteiger partial charge in [0.05, 0.1) is 11.9 Å². The highest BCUT2D eigenvalue weighted by Crippen LogP contribution is 2.24. The van der Waals surface area contributed by atoms with Crippen LogP contribution in [0.1, 0.15) is 10.5 Å². The minimum Gasteiger partial charge on any atom is -0.305 e. The van der Waals surface area contributed by atoms with Gasteiger partial charge in [0.1, 0.15) is 5.82 Å². The van der Waals surface area contributed by atoms with Gasteiger partial charge in [0.2, 0.25) is 0 Å². The minimum absolute atomic E-state index is 0.0174. The van der Waals surface area contributed by atoms with Crippen molar-refractivity contribution in [3.05, 3.63) is 78.0 Å². The molecular formula is C18H10F3N5O. The topological polar surface area (TPSA) is 72.2 Å². The Kier molecular flexibility index (Phi) is 4.03. The van der Waals surface area contributed by atoms with Crippen LogP contribution in [0.25, 0.3) is 16.9 Å². The molecule has 0 bridgehead atoms. The minimum atomic E-state index is -1.59. The second-order valence-electron chi connectivity index (χ2n) is 5.52.